The smallest absolute Gasteiger partial charge is 0.277 e. The Balaban J connectivity index is 1.73. The maximum atomic E-state index is 11.1. The molecule has 4 N–H and O–H groups in total. The topological polar surface area (TPSA) is 156 Å². The predicted octanol–water partition coefficient (Wildman–Crippen LogP) is 1.79. The minimum Gasteiger partial charge on any atom is -0.490 e. The van der Waals surface area contributed by atoms with Gasteiger partial charge in [-0.25, -0.2) is 9.97 Å². The molecule has 0 fully saturated rings. The van der Waals surface area contributed by atoms with E-state index in [0.29, 0.717) is 29.1 Å². The Morgan fingerprint density at radius 1 is 1.15 bits per heavy atom. The molecule has 0 spiro atoms. The molecule has 1 atom stereocenters. The van der Waals surface area contributed by atoms with Gasteiger partial charge in [0.1, 0.15) is 30.8 Å². The van der Waals surface area contributed by atoms with Gasteiger partial charge in [0.05, 0.1) is 0 Å². The van der Waals surface area contributed by atoms with Crippen LogP contribution in [0.5, 0.6) is 5.75 Å². The van der Waals surface area contributed by atoms with E-state index in [1.54, 1.807) is 6.07 Å². The van der Waals surface area contributed by atoms with Crippen LogP contribution in [0.3, 0.4) is 0 Å². The number of carbonyl (C=O) groups excluding carboxylic acids is 1. The molecule has 0 aliphatic rings. The number of aromatic nitrogens is 4. The van der Waals surface area contributed by atoms with E-state index in [1.165, 1.54) is 0 Å². The fraction of sp³-hybridized carbons (Fsp3) is 0.435. The van der Waals surface area contributed by atoms with E-state index in [9.17, 15) is 9.90 Å². The molecule has 182 valence electrons. The van der Waals surface area contributed by atoms with Gasteiger partial charge in [0.25, 0.3) is 5.89 Å². The van der Waals surface area contributed by atoms with Crippen molar-refractivity contribution in [2.75, 3.05) is 31.6 Å². The number of aliphatic hydroxyl groups is 2. The maximum Gasteiger partial charge on any atom is 0.277 e. The normalized spacial score (nSPS) is 11.8. The van der Waals surface area contributed by atoms with Crippen molar-refractivity contribution < 1.29 is 24.3 Å². The molecule has 11 heteroatoms. The van der Waals surface area contributed by atoms with Crippen LogP contribution in [0, 0.1) is 20.8 Å². The van der Waals surface area contributed by atoms with E-state index < -0.39 is 18.6 Å². The summed E-state index contributed by atoms with van der Waals surface area (Å²) in [4.78, 5) is 24.4. The Kier molecular flexibility index (Phi) is 8.50. The number of aryl methyl sites for hydroxylation is 3. The summed E-state index contributed by atoms with van der Waals surface area (Å²) in [6.07, 6.45) is 0.0383. The van der Waals surface area contributed by atoms with E-state index in [-0.39, 0.29) is 13.2 Å². The third-order valence-electron chi connectivity index (χ3n) is 4.85. The van der Waals surface area contributed by atoms with E-state index in [1.807, 2.05) is 32.9 Å². The van der Waals surface area contributed by atoms with E-state index in [4.69, 9.17) is 14.4 Å². The maximum absolute atomic E-state index is 11.1. The van der Waals surface area contributed by atoms with Gasteiger partial charge < -0.3 is 30.1 Å². The molecule has 0 bridgehead atoms. The highest BCUT2D eigenvalue weighted by atomic mass is 16.5. The van der Waals surface area contributed by atoms with Crippen LogP contribution < -0.4 is 15.4 Å². The molecule has 0 saturated carbocycles. The van der Waals surface area contributed by atoms with Gasteiger partial charge in [0.15, 0.2) is 0 Å². The summed E-state index contributed by atoms with van der Waals surface area (Å²) in [6, 6.07) is 5.53. The quantitative estimate of drug-likeness (QED) is 0.326. The second-order valence-corrected chi connectivity index (χ2v) is 7.93. The number of benzene rings is 1. The van der Waals surface area contributed by atoms with Crippen LogP contribution in [-0.4, -0.2) is 68.6 Å². The first-order valence-corrected chi connectivity index (χ1v) is 11.0. The van der Waals surface area contributed by atoms with Gasteiger partial charge in [-0.05, 0) is 56.5 Å². The Morgan fingerprint density at radius 2 is 1.88 bits per heavy atom. The van der Waals surface area contributed by atoms with Crippen molar-refractivity contribution >= 4 is 11.9 Å². The van der Waals surface area contributed by atoms with Crippen molar-refractivity contribution in [1.29, 1.82) is 0 Å². The highest BCUT2D eigenvalue weighted by Crippen LogP contribution is 2.30. The molecule has 0 saturated heterocycles. The number of carbonyl (C=O) groups is 1. The molecule has 2 aromatic heterocycles. The second kappa shape index (κ2) is 11.5. The summed E-state index contributed by atoms with van der Waals surface area (Å²) in [5.74, 6) is 1.30. The van der Waals surface area contributed by atoms with Gasteiger partial charge in [0, 0.05) is 24.3 Å². The zero-order valence-electron chi connectivity index (χ0n) is 19.8. The number of anilines is 1. The standard InChI is InChI=1S/C23H30N6O5/c1-5-6-24-23-26-15(4)9-18(27-23)22-28-21(29-34-22)16-7-13(2)20(14(3)8-16)33-12-17(31)10-25-19(32)11-30/h7-9,17,30-31H,5-6,10-12H2,1-4H3,(H,25,32)(H,24,26,27)/t17-/m0/s1. The lowest BCUT2D eigenvalue weighted by molar-refractivity contribution is -0.124. The minimum atomic E-state index is -0.915. The lowest BCUT2D eigenvalue weighted by atomic mass is 10.1. The van der Waals surface area contributed by atoms with Crippen LogP contribution in [0.1, 0.15) is 30.2 Å². The van der Waals surface area contributed by atoms with Gasteiger partial charge in [-0.1, -0.05) is 12.1 Å². The van der Waals surface area contributed by atoms with Gasteiger partial charge in [-0.3, -0.25) is 4.79 Å². The van der Waals surface area contributed by atoms with Crippen LogP contribution in [0.25, 0.3) is 23.0 Å². The fourth-order valence-electron chi connectivity index (χ4n) is 3.27. The number of rotatable bonds is 11. The molecule has 34 heavy (non-hydrogen) atoms. The SMILES string of the molecule is CCCNc1nc(C)cc(-c2nc(-c3cc(C)c(OC[C@@H](O)CNC(=O)CO)c(C)c3)no2)n1. The monoisotopic (exact) mass is 470 g/mol. The van der Waals surface area contributed by atoms with E-state index >= 15 is 0 Å². The highest BCUT2D eigenvalue weighted by molar-refractivity contribution is 5.76. The Hall–Kier alpha value is -3.57. The van der Waals surface area contributed by atoms with Crippen LogP contribution in [-0.2, 0) is 4.79 Å². The first-order chi connectivity index (χ1) is 16.3. The molecular weight excluding hydrogens is 440 g/mol. The first kappa shape index (κ1) is 25.1. The van der Waals surface area contributed by atoms with E-state index in [0.717, 1.165) is 35.3 Å². The zero-order chi connectivity index (χ0) is 24.7. The van der Waals surface area contributed by atoms with Gasteiger partial charge >= 0.3 is 0 Å². The molecule has 0 aliphatic carbocycles. The van der Waals surface area contributed by atoms with Crippen LogP contribution in [0.2, 0.25) is 0 Å². The third kappa shape index (κ3) is 6.49. The van der Waals surface area contributed by atoms with Crippen LogP contribution in [0.4, 0.5) is 5.95 Å². The molecule has 3 rings (SSSR count). The van der Waals surface area contributed by atoms with Crippen molar-refractivity contribution in [1.82, 2.24) is 25.4 Å². The average Bonchev–Trinajstić information content (AvgIpc) is 3.30. The summed E-state index contributed by atoms with van der Waals surface area (Å²) in [5.41, 5.74) is 3.74. The van der Waals surface area contributed by atoms with Gasteiger partial charge in [0.2, 0.25) is 17.7 Å². The molecule has 1 aromatic carbocycles. The molecular formula is C23H30N6O5. The Labute approximate surface area is 197 Å². The number of amides is 1. The van der Waals surface area contributed by atoms with Crippen molar-refractivity contribution in [3.05, 3.63) is 35.0 Å². The number of nitrogens with zero attached hydrogens (tertiary/aromatic N) is 4. The summed E-state index contributed by atoms with van der Waals surface area (Å²) in [7, 11) is 0. The minimum absolute atomic E-state index is 0.0133. The molecule has 3 aromatic rings. The molecule has 11 nitrogen and oxygen atoms in total. The summed E-state index contributed by atoms with van der Waals surface area (Å²) >= 11 is 0. The summed E-state index contributed by atoms with van der Waals surface area (Å²) < 4.78 is 11.2. The number of nitrogens with one attached hydrogen (secondary N) is 2. The van der Waals surface area contributed by atoms with Crippen molar-refractivity contribution in [3.63, 3.8) is 0 Å². The van der Waals surface area contributed by atoms with Crippen molar-refractivity contribution in [2.24, 2.45) is 0 Å². The summed E-state index contributed by atoms with van der Waals surface area (Å²) in [6.45, 7) is 7.81. The molecule has 0 radical (unpaired) electrons. The second-order valence-electron chi connectivity index (χ2n) is 7.93. The zero-order valence-corrected chi connectivity index (χ0v) is 19.8. The molecule has 0 aliphatic heterocycles. The third-order valence-corrected chi connectivity index (χ3v) is 4.85. The highest BCUT2D eigenvalue weighted by Gasteiger charge is 2.17. The number of hydrogen-bond donors (Lipinski definition) is 4. The summed E-state index contributed by atoms with van der Waals surface area (Å²) in [5, 5.41) is 28.4. The van der Waals surface area contributed by atoms with Crippen LogP contribution in [0.15, 0.2) is 22.7 Å². The molecule has 1 amide bonds. The van der Waals surface area contributed by atoms with Gasteiger partial charge in [-0.15, -0.1) is 0 Å². The first-order valence-electron chi connectivity index (χ1n) is 11.0. The lowest BCUT2D eigenvalue weighted by Crippen LogP contribution is -2.36. The molecule has 2 heterocycles. The van der Waals surface area contributed by atoms with Crippen molar-refractivity contribution in [2.45, 2.75) is 40.2 Å². The average molecular weight is 471 g/mol. The largest absolute Gasteiger partial charge is 0.490 e. The van der Waals surface area contributed by atoms with E-state index in [2.05, 4.69) is 37.7 Å². The van der Waals surface area contributed by atoms with Crippen LogP contribution >= 0.6 is 0 Å². The number of aliphatic hydroxyl groups excluding tert-OH is 2. The van der Waals surface area contributed by atoms with Crippen molar-refractivity contribution in [3.8, 4) is 28.7 Å². The lowest BCUT2D eigenvalue weighted by Gasteiger charge is -2.16. The Bertz CT molecular complexity index is 1110. The van der Waals surface area contributed by atoms with Gasteiger partial charge in [-0.2, -0.15) is 4.98 Å². The molecule has 0 unspecified atom stereocenters. The fourth-order valence-corrected chi connectivity index (χ4v) is 3.27. The Morgan fingerprint density at radius 3 is 2.56 bits per heavy atom. The number of ether oxygens (including phenoxy) is 1. The predicted molar refractivity (Wildman–Crippen MR) is 125 cm³/mol. The number of hydrogen-bond acceptors (Lipinski definition) is 10.